The van der Waals surface area contributed by atoms with E-state index in [1.54, 1.807) is 6.20 Å². The maximum absolute atomic E-state index is 12.6. The van der Waals surface area contributed by atoms with Crippen LogP contribution in [0.3, 0.4) is 0 Å². The first-order chi connectivity index (χ1) is 10.6. The van der Waals surface area contributed by atoms with Gasteiger partial charge in [0.15, 0.2) is 0 Å². The van der Waals surface area contributed by atoms with E-state index < -0.39 is 0 Å². The zero-order chi connectivity index (χ0) is 15.3. The Morgan fingerprint density at radius 2 is 2.14 bits per heavy atom. The van der Waals surface area contributed by atoms with Crippen LogP contribution in [0.1, 0.15) is 19.8 Å². The summed E-state index contributed by atoms with van der Waals surface area (Å²) in [7, 11) is 0. The van der Waals surface area contributed by atoms with Crippen molar-refractivity contribution in [1.82, 2.24) is 14.5 Å². The number of H-pyrrole nitrogens is 1. The molecule has 3 heterocycles. The van der Waals surface area contributed by atoms with Crippen molar-refractivity contribution in [2.45, 2.75) is 25.3 Å². The Kier molecular flexibility index (Phi) is 3.13. The highest BCUT2D eigenvalue weighted by Gasteiger charge is 2.33. The third-order valence-corrected chi connectivity index (χ3v) is 5.07. The number of nitrogens with zero attached hydrogens (tertiary/aromatic N) is 2. The second-order valence-electron chi connectivity index (χ2n) is 6.06. The maximum atomic E-state index is 12.6. The molecule has 1 N–H and O–H groups in total. The molecule has 1 fully saturated rings. The molecule has 2 aromatic heterocycles. The molecule has 0 spiro atoms. The number of hydrogen-bond donors (Lipinski definition) is 1. The summed E-state index contributed by atoms with van der Waals surface area (Å²) < 4.78 is 8.36. The van der Waals surface area contributed by atoms with Gasteiger partial charge < -0.3 is 9.72 Å². The smallest absolute Gasteiger partial charge is 0.327 e. The molecule has 0 radical (unpaired) electrons. The molecule has 114 valence electrons. The van der Waals surface area contributed by atoms with E-state index in [1.807, 2.05) is 22.8 Å². The molecular weight excluding hydrogens is 346 g/mol. The van der Waals surface area contributed by atoms with Crippen LogP contribution >= 0.6 is 15.9 Å². The van der Waals surface area contributed by atoms with E-state index in [9.17, 15) is 4.79 Å². The quantitative estimate of drug-likeness (QED) is 0.724. The van der Waals surface area contributed by atoms with Crippen molar-refractivity contribution in [2.24, 2.45) is 0 Å². The van der Waals surface area contributed by atoms with E-state index in [4.69, 9.17) is 4.74 Å². The van der Waals surface area contributed by atoms with E-state index >= 15 is 0 Å². The summed E-state index contributed by atoms with van der Waals surface area (Å²) in [6.45, 7) is 3.50. The molecule has 0 saturated carbocycles. The largest absolute Gasteiger partial charge is 0.381 e. The Hall–Kier alpha value is -1.66. The fraction of sp³-hybridized carbons (Fsp3) is 0.375. The monoisotopic (exact) mass is 361 g/mol. The fourth-order valence-electron chi connectivity index (χ4n) is 3.31. The number of ether oxygens (including phenoxy) is 1. The SMILES string of the molecule is CC1(n2c(=O)[nH]c3cnc4ccc(Br)cc4c32)CCOCC1. The van der Waals surface area contributed by atoms with Gasteiger partial charge in [0.25, 0.3) is 0 Å². The summed E-state index contributed by atoms with van der Waals surface area (Å²) in [5.41, 5.74) is 2.29. The predicted molar refractivity (Wildman–Crippen MR) is 89.3 cm³/mol. The van der Waals surface area contributed by atoms with Crippen LogP contribution in [-0.4, -0.2) is 27.7 Å². The Morgan fingerprint density at radius 3 is 2.91 bits per heavy atom. The van der Waals surface area contributed by atoms with Gasteiger partial charge in [-0.15, -0.1) is 0 Å². The molecule has 4 rings (SSSR count). The Bertz CT molecular complexity index is 922. The molecular formula is C16H16BrN3O2. The van der Waals surface area contributed by atoms with Gasteiger partial charge in [0, 0.05) is 23.1 Å². The number of pyridine rings is 1. The van der Waals surface area contributed by atoms with Gasteiger partial charge in [-0.3, -0.25) is 9.55 Å². The Morgan fingerprint density at radius 1 is 1.36 bits per heavy atom. The first kappa shape index (κ1) is 14.0. The molecule has 0 amide bonds. The summed E-state index contributed by atoms with van der Waals surface area (Å²) in [6.07, 6.45) is 3.40. The number of nitrogens with one attached hydrogen (secondary N) is 1. The molecule has 3 aromatic rings. The molecule has 1 saturated heterocycles. The first-order valence-electron chi connectivity index (χ1n) is 7.36. The van der Waals surface area contributed by atoms with Crippen molar-refractivity contribution in [1.29, 1.82) is 0 Å². The fourth-order valence-corrected chi connectivity index (χ4v) is 3.67. The van der Waals surface area contributed by atoms with Gasteiger partial charge in [0.05, 0.1) is 28.3 Å². The lowest BCUT2D eigenvalue weighted by molar-refractivity contribution is 0.0300. The number of halogens is 1. The van der Waals surface area contributed by atoms with Crippen LogP contribution in [0.4, 0.5) is 0 Å². The predicted octanol–water partition coefficient (Wildman–Crippen LogP) is 3.17. The number of aromatic nitrogens is 3. The second-order valence-corrected chi connectivity index (χ2v) is 6.97. The molecule has 22 heavy (non-hydrogen) atoms. The molecule has 1 aliphatic rings. The number of fused-ring (bicyclic) bond motifs is 3. The maximum Gasteiger partial charge on any atom is 0.327 e. The van der Waals surface area contributed by atoms with Crippen molar-refractivity contribution in [3.8, 4) is 0 Å². The van der Waals surface area contributed by atoms with Gasteiger partial charge in [-0.25, -0.2) is 4.79 Å². The lowest BCUT2D eigenvalue weighted by Crippen LogP contribution is -2.42. The number of benzene rings is 1. The van der Waals surface area contributed by atoms with Gasteiger partial charge in [-0.1, -0.05) is 15.9 Å². The number of rotatable bonds is 1. The second kappa shape index (κ2) is 4.93. The van der Waals surface area contributed by atoms with E-state index in [-0.39, 0.29) is 11.2 Å². The number of hydrogen-bond acceptors (Lipinski definition) is 3. The molecule has 5 nitrogen and oxygen atoms in total. The molecule has 0 unspecified atom stereocenters. The zero-order valence-corrected chi connectivity index (χ0v) is 13.8. The molecule has 1 aliphatic heterocycles. The minimum Gasteiger partial charge on any atom is -0.381 e. The average molecular weight is 362 g/mol. The molecule has 6 heteroatoms. The van der Waals surface area contributed by atoms with E-state index in [2.05, 4.69) is 32.8 Å². The van der Waals surface area contributed by atoms with Crippen molar-refractivity contribution in [3.05, 3.63) is 39.4 Å². The van der Waals surface area contributed by atoms with Crippen molar-refractivity contribution in [2.75, 3.05) is 13.2 Å². The lowest BCUT2D eigenvalue weighted by Gasteiger charge is -2.34. The standard InChI is InChI=1S/C16H16BrN3O2/c1-16(4-6-22-7-5-16)20-14-11-8-10(17)2-3-12(11)18-9-13(14)19-15(20)21/h2-3,8-9H,4-7H2,1H3,(H,19,21). The van der Waals surface area contributed by atoms with Crippen LogP contribution in [0.5, 0.6) is 0 Å². The summed E-state index contributed by atoms with van der Waals surface area (Å²) in [6, 6.07) is 5.95. The van der Waals surface area contributed by atoms with Gasteiger partial charge in [-0.05, 0) is 38.0 Å². The molecule has 0 atom stereocenters. The molecule has 0 bridgehead atoms. The Balaban J connectivity index is 2.11. The molecule has 1 aromatic carbocycles. The van der Waals surface area contributed by atoms with Crippen LogP contribution in [0.2, 0.25) is 0 Å². The van der Waals surface area contributed by atoms with E-state index in [0.29, 0.717) is 13.2 Å². The van der Waals surface area contributed by atoms with E-state index in [0.717, 1.165) is 39.3 Å². The summed E-state index contributed by atoms with van der Waals surface area (Å²) >= 11 is 3.51. The van der Waals surface area contributed by atoms with Crippen molar-refractivity contribution >= 4 is 37.9 Å². The van der Waals surface area contributed by atoms with Crippen molar-refractivity contribution < 1.29 is 4.74 Å². The van der Waals surface area contributed by atoms with Crippen LogP contribution < -0.4 is 5.69 Å². The summed E-state index contributed by atoms with van der Waals surface area (Å²) in [5, 5.41) is 0.984. The number of imidazole rings is 1. The minimum atomic E-state index is -0.232. The van der Waals surface area contributed by atoms with E-state index in [1.165, 1.54) is 0 Å². The van der Waals surface area contributed by atoms with Crippen molar-refractivity contribution in [3.63, 3.8) is 0 Å². The highest BCUT2D eigenvalue weighted by molar-refractivity contribution is 9.10. The van der Waals surface area contributed by atoms with Gasteiger partial charge in [0.2, 0.25) is 0 Å². The zero-order valence-electron chi connectivity index (χ0n) is 12.2. The highest BCUT2D eigenvalue weighted by atomic mass is 79.9. The van der Waals surface area contributed by atoms with Crippen LogP contribution in [0.25, 0.3) is 21.9 Å². The van der Waals surface area contributed by atoms with Gasteiger partial charge in [0.1, 0.15) is 0 Å². The average Bonchev–Trinajstić information content (AvgIpc) is 2.85. The van der Waals surface area contributed by atoms with Crippen LogP contribution in [0.15, 0.2) is 33.7 Å². The summed E-state index contributed by atoms with van der Waals surface area (Å²) in [5.74, 6) is 0. The van der Waals surface area contributed by atoms with Crippen LogP contribution in [0, 0.1) is 0 Å². The Labute approximate surface area is 135 Å². The highest BCUT2D eigenvalue weighted by Crippen LogP contribution is 2.33. The van der Waals surface area contributed by atoms with Crippen LogP contribution in [-0.2, 0) is 10.3 Å². The lowest BCUT2D eigenvalue weighted by atomic mass is 9.92. The third-order valence-electron chi connectivity index (χ3n) is 4.58. The summed E-state index contributed by atoms with van der Waals surface area (Å²) in [4.78, 5) is 20.0. The topological polar surface area (TPSA) is 59.9 Å². The van der Waals surface area contributed by atoms with Gasteiger partial charge >= 0.3 is 5.69 Å². The normalized spacial score (nSPS) is 18.1. The van der Waals surface area contributed by atoms with Gasteiger partial charge in [-0.2, -0.15) is 0 Å². The minimum absolute atomic E-state index is 0.0753. The third kappa shape index (κ3) is 2.01. The first-order valence-corrected chi connectivity index (χ1v) is 8.15. The number of aromatic amines is 1. The molecule has 0 aliphatic carbocycles.